The summed E-state index contributed by atoms with van der Waals surface area (Å²) in [5.74, 6) is 1.73. The third-order valence-electron chi connectivity index (χ3n) is 6.49. The van der Waals surface area contributed by atoms with Crippen molar-refractivity contribution in [1.29, 1.82) is 0 Å². The summed E-state index contributed by atoms with van der Waals surface area (Å²) in [4.78, 5) is 35.7. The van der Waals surface area contributed by atoms with Gasteiger partial charge in [-0.2, -0.15) is 0 Å². The van der Waals surface area contributed by atoms with Gasteiger partial charge in [0.2, 0.25) is 0 Å². The van der Waals surface area contributed by atoms with Crippen LogP contribution >= 0.6 is 0 Å². The zero-order chi connectivity index (χ0) is 29.2. The molecule has 0 fully saturated rings. The second kappa shape index (κ2) is 14.7. The Morgan fingerprint density at radius 2 is 1.77 bits per heavy atom. The van der Waals surface area contributed by atoms with E-state index in [1.807, 2.05) is 34.6 Å². The second-order valence-corrected chi connectivity index (χ2v) is 14.6. The minimum atomic E-state index is -2.82. The molecule has 1 aliphatic rings. The number of phenolic OH excluding ortho intramolecular Hbond substituents is 1. The Kier molecular flexibility index (Phi) is 12.1. The predicted molar refractivity (Wildman–Crippen MR) is 149 cm³/mol. The maximum atomic E-state index is 12.3. The van der Waals surface area contributed by atoms with Gasteiger partial charge in [-0.15, -0.1) is 0 Å². The molecule has 0 spiro atoms. The molecular weight excluding hydrogens is 518 g/mol. The molecule has 0 radical (unpaired) electrons. The third kappa shape index (κ3) is 8.87. The summed E-state index contributed by atoms with van der Waals surface area (Å²) in [6, 6.07) is 4.69. The number of aromatic hydroxyl groups is 1. The molecule has 0 bridgehead atoms. The first-order chi connectivity index (χ1) is 18.4. The van der Waals surface area contributed by atoms with Crippen LogP contribution in [0.25, 0.3) is 0 Å². The first-order valence-corrected chi connectivity index (χ1v) is 15.4. The minimum absolute atomic E-state index is 0.0557. The molecule has 0 saturated heterocycles. The zero-order valence-corrected chi connectivity index (χ0v) is 24.9. The van der Waals surface area contributed by atoms with E-state index in [9.17, 15) is 19.5 Å². The van der Waals surface area contributed by atoms with Crippen LogP contribution in [0.3, 0.4) is 0 Å². The van der Waals surface area contributed by atoms with Gasteiger partial charge in [-0.25, -0.2) is 0 Å². The molecule has 1 aromatic rings. The standard InChI is InChI=1S/C29H41NO8Si/c1-8-9-14-30-29(34)24-11-10-23(25(33)17-24)13-16-39(19(2)3,20(4)5)36-18-27-28(38-22(7)32)26(12-15-35-27)37-21(6)31/h10-12,15,17,19-20,26-28,33H,8-9,14,18H2,1-7H3,(H,30,34). The number of nitrogens with one attached hydrogen (secondary N) is 1. The number of rotatable bonds is 11. The van der Waals surface area contributed by atoms with E-state index in [2.05, 4.69) is 16.8 Å². The van der Waals surface area contributed by atoms with Gasteiger partial charge in [-0.3, -0.25) is 14.4 Å². The van der Waals surface area contributed by atoms with Gasteiger partial charge >= 0.3 is 11.9 Å². The molecule has 1 aliphatic heterocycles. The van der Waals surface area contributed by atoms with Crippen LogP contribution in [0.2, 0.25) is 11.1 Å². The van der Waals surface area contributed by atoms with E-state index in [0.29, 0.717) is 17.7 Å². The molecule has 2 N–H and O–H groups in total. The Bertz CT molecular complexity index is 1100. The lowest BCUT2D eigenvalue weighted by Crippen LogP contribution is -2.51. The number of amides is 1. The van der Waals surface area contributed by atoms with E-state index in [1.54, 1.807) is 12.1 Å². The van der Waals surface area contributed by atoms with Gasteiger partial charge < -0.3 is 29.1 Å². The maximum Gasteiger partial charge on any atom is 0.303 e. The molecule has 9 nitrogen and oxygen atoms in total. The van der Waals surface area contributed by atoms with E-state index < -0.39 is 38.6 Å². The number of unbranched alkanes of at least 4 members (excludes halogenated alkanes) is 1. The van der Waals surface area contributed by atoms with Crippen molar-refractivity contribution in [3.63, 3.8) is 0 Å². The van der Waals surface area contributed by atoms with Gasteiger partial charge in [-0.05, 0) is 41.8 Å². The molecule has 2 rings (SSSR count). The van der Waals surface area contributed by atoms with Crippen LogP contribution in [0.4, 0.5) is 0 Å². The number of carbonyl (C=O) groups excluding carboxylic acids is 3. The first-order valence-electron chi connectivity index (χ1n) is 13.4. The Morgan fingerprint density at radius 1 is 1.10 bits per heavy atom. The smallest absolute Gasteiger partial charge is 0.303 e. The maximum absolute atomic E-state index is 12.3. The monoisotopic (exact) mass is 559 g/mol. The Morgan fingerprint density at radius 3 is 2.33 bits per heavy atom. The molecule has 39 heavy (non-hydrogen) atoms. The highest BCUT2D eigenvalue weighted by Gasteiger charge is 2.44. The summed E-state index contributed by atoms with van der Waals surface area (Å²) in [5, 5.41) is 13.4. The lowest BCUT2D eigenvalue weighted by Gasteiger charge is -2.38. The number of esters is 2. The molecule has 0 saturated carbocycles. The Labute approximate surface area is 232 Å². The zero-order valence-electron chi connectivity index (χ0n) is 23.9. The van der Waals surface area contributed by atoms with Gasteiger partial charge in [0, 0.05) is 26.0 Å². The van der Waals surface area contributed by atoms with Crippen LogP contribution in [-0.2, 0) is 28.2 Å². The van der Waals surface area contributed by atoms with Crippen LogP contribution in [0.5, 0.6) is 5.75 Å². The van der Waals surface area contributed by atoms with Crippen LogP contribution in [0.15, 0.2) is 30.5 Å². The Balaban J connectivity index is 2.30. The van der Waals surface area contributed by atoms with Crippen LogP contribution < -0.4 is 5.32 Å². The van der Waals surface area contributed by atoms with E-state index >= 15 is 0 Å². The van der Waals surface area contributed by atoms with E-state index in [1.165, 1.54) is 32.3 Å². The van der Waals surface area contributed by atoms with Crippen molar-refractivity contribution in [3.05, 3.63) is 41.7 Å². The van der Waals surface area contributed by atoms with Gasteiger partial charge in [0.1, 0.15) is 5.75 Å². The van der Waals surface area contributed by atoms with Gasteiger partial charge in [0.25, 0.3) is 14.2 Å². The molecule has 0 aliphatic carbocycles. The van der Waals surface area contributed by atoms with Crippen molar-refractivity contribution < 1.29 is 38.1 Å². The van der Waals surface area contributed by atoms with Gasteiger partial charge in [0.05, 0.1) is 18.4 Å². The fourth-order valence-corrected chi connectivity index (χ4v) is 7.78. The van der Waals surface area contributed by atoms with Crippen molar-refractivity contribution in [1.82, 2.24) is 5.32 Å². The summed E-state index contributed by atoms with van der Waals surface area (Å²) in [6.45, 7) is 13.4. The van der Waals surface area contributed by atoms with Crippen LogP contribution in [0.1, 0.15) is 77.2 Å². The molecule has 1 aromatic carbocycles. The van der Waals surface area contributed by atoms with Crippen molar-refractivity contribution in [3.8, 4) is 17.2 Å². The molecule has 214 valence electrons. The largest absolute Gasteiger partial charge is 0.507 e. The average Bonchev–Trinajstić information content (AvgIpc) is 2.85. The number of phenols is 1. The number of hydrogen-bond donors (Lipinski definition) is 2. The number of hydrogen-bond acceptors (Lipinski definition) is 8. The summed E-state index contributed by atoms with van der Waals surface area (Å²) in [5.41, 5.74) is 4.24. The van der Waals surface area contributed by atoms with Crippen LogP contribution in [0, 0.1) is 11.5 Å². The molecule has 0 aromatic heterocycles. The highest BCUT2D eigenvalue weighted by atomic mass is 28.4. The summed E-state index contributed by atoms with van der Waals surface area (Å²) in [6.07, 6.45) is 2.40. The number of ether oxygens (including phenoxy) is 3. The number of benzene rings is 1. The molecular formula is C29H41NO8Si. The van der Waals surface area contributed by atoms with Crippen molar-refractivity contribution >= 4 is 26.2 Å². The predicted octanol–water partition coefficient (Wildman–Crippen LogP) is 4.37. The lowest BCUT2D eigenvalue weighted by atomic mass is 10.1. The molecule has 1 amide bonds. The molecule has 1 heterocycles. The minimum Gasteiger partial charge on any atom is -0.507 e. The van der Waals surface area contributed by atoms with Crippen molar-refractivity contribution in [2.45, 2.75) is 90.7 Å². The normalized spacial score (nSPS) is 18.6. The van der Waals surface area contributed by atoms with E-state index in [-0.39, 0.29) is 29.3 Å². The first kappa shape index (κ1) is 31.9. The Hall–Kier alpha value is -3.29. The average molecular weight is 560 g/mol. The summed E-state index contributed by atoms with van der Waals surface area (Å²) in [7, 11) is -2.82. The molecule has 3 atom stereocenters. The second-order valence-electron chi connectivity index (χ2n) is 10.2. The van der Waals surface area contributed by atoms with Gasteiger partial charge in [-0.1, -0.05) is 52.5 Å². The fourth-order valence-electron chi connectivity index (χ4n) is 4.36. The molecule has 3 unspecified atom stereocenters. The lowest BCUT2D eigenvalue weighted by molar-refractivity contribution is -0.175. The highest BCUT2D eigenvalue weighted by molar-refractivity contribution is 6.84. The topological polar surface area (TPSA) is 120 Å². The molecule has 10 heteroatoms. The highest BCUT2D eigenvalue weighted by Crippen LogP contribution is 2.34. The SMILES string of the molecule is CCCCNC(=O)c1ccc(C#C[Si](OCC2OC=CC(OC(C)=O)C2OC(C)=O)(C(C)C)C(C)C)c(O)c1. The van der Waals surface area contributed by atoms with Crippen molar-refractivity contribution in [2.75, 3.05) is 13.2 Å². The van der Waals surface area contributed by atoms with E-state index in [0.717, 1.165) is 12.8 Å². The quantitative estimate of drug-likeness (QED) is 0.178. The van der Waals surface area contributed by atoms with Gasteiger partial charge in [0.15, 0.2) is 18.3 Å². The summed E-state index contributed by atoms with van der Waals surface area (Å²) >= 11 is 0. The van der Waals surface area contributed by atoms with E-state index in [4.69, 9.17) is 18.6 Å². The summed E-state index contributed by atoms with van der Waals surface area (Å²) < 4.78 is 23.1. The third-order valence-corrected chi connectivity index (χ3v) is 11.1. The van der Waals surface area contributed by atoms with Crippen LogP contribution in [-0.4, -0.2) is 62.7 Å². The number of carbonyl (C=O) groups is 3. The van der Waals surface area contributed by atoms with Crippen molar-refractivity contribution in [2.24, 2.45) is 0 Å². The fraction of sp³-hybridized carbons (Fsp3) is 0.552.